The third kappa shape index (κ3) is 4.63. The van der Waals surface area contributed by atoms with E-state index in [1.165, 1.54) is 12.1 Å². The molecule has 7 nitrogen and oxygen atoms in total. The van der Waals surface area contributed by atoms with Crippen LogP contribution in [0.3, 0.4) is 0 Å². The van der Waals surface area contributed by atoms with Crippen LogP contribution >= 0.6 is 0 Å². The number of benzene rings is 1. The van der Waals surface area contributed by atoms with Crippen LogP contribution in [-0.4, -0.2) is 21.9 Å². The summed E-state index contributed by atoms with van der Waals surface area (Å²) in [7, 11) is 0. The average molecular weight is 267 g/mol. The molecule has 7 heteroatoms. The summed E-state index contributed by atoms with van der Waals surface area (Å²) >= 11 is 0. The Bertz CT molecular complexity index is 494. The first-order valence-corrected chi connectivity index (χ1v) is 5.87. The van der Waals surface area contributed by atoms with E-state index in [2.05, 4.69) is 5.32 Å². The van der Waals surface area contributed by atoms with Crippen LogP contribution in [0.2, 0.25) is 0 Å². The van der Waals surface area contributed by atoms with Gasteiger partial charge in [-0.2, -0.15) is 0 Å². The lowest BCUT2D eigenvalue weighted by atomic mass is 10.1. The quantitative estimate of drug-likeness (QED) is 0.652. The van der Waals surface area contributed by atoms with Gasteiger partial charge < -0.3 is 5.32 Å². The molecule has 0 saturated heterocycles. The van der Waals surface area contributed by atoms with Crippen LogP contribution in [-0.2, 0) is 6.42 Å². The lowest BCUT2D eigenvalue weighted by molar-refractivity contribution is -0.394. The summed E-state index contributed by atoms with van der Waals surface area (Å²) < 4.78 is 0. The van der Waals surface area contributed by atoms with Crippen molar-refractivity contribution < 1.29 is 9.85 Å². The Hall–Kier alpha value is -2.02. The van der Waals surface area contributed by atoms with Gasteiger partial charge in [0.2, 0.25) is 0 Å². The molecule has 0 amide bonds. The molecule has 1 N–H and O–H groups in total. The number of nitro groups is 2. The molecule has 19 heavy (non-hydrogen) atoms. The van der Waals surface area contributed by atoms with E-state index >= 15 is 0 Å². The Morgan fingerprint density at radius 3 is 2.26 bits per heavy atom. The van der Waals surface area contributed by atoms with E-state index in [4.69, 9.17) is 0 Å². The van der Waals surface area contributed by atoms with Crippen LogP contribution in [0.1, 0.15) is 26.3 Å². The second-order valence-electron chi connectivity index (χ2n) is 5.25. The van der Waals surface area contributed by atoms with E-state index in [1.54, 1.807) is 0 Å². The molecule has 0 aliphatic carbocycles. The summed E-state index contributed by atoms with van der Waals surface area (Å²) in [4.78, 5) is 20.3. The molecule has 0 fully saturated rings. The summed E-state index contributed by atoms with van der Waals surface area (Å²) in [6.45, 7) is 6.56. The molecule has 104 valence electrons. The molecular weight excluding hydrogens is 250 g/mol. The molecule has 0 aromatic heterocycles. The van der Waals surface area contributed by atoms with Crippen LogP contribution in [0.4, 0.5) is 11.4 Å². The highest BCUT2D eigenvalue weighted by atomic mass is 16.6. The minimum Gasteiger partial charge on any atom is -0.312 e. The standard InChI is InChI=1S/C12H17N3O4/c1-12(2,3)13-7-6-9-4-5-10(14(16)17)8-11(9)15(18)19/h4-5,8,13H,6-7H2,1-3H3. The van der Waals surface area contributed by atoms with Crippen molar-refractivity contribution in [3.05, 3.63) is 44.0 Å². The highest BCUT2D eigenvalue weighted by molar-refractivity contribution is 5.49. The molecule has 0 heterocycles. The van der Waals surface area contributed by atoms with Crippen LogP contribution in [0.15, 0.2) is 18.2 Å². The minimum atomic E-state index is -0.635. The van der Waals surface area contributed by atoms with Crippen molar-refractivity contribution in [3.8, 4) is 0 Å². The Morgan fingerprint density at radius 1 is 1.16 bits per heavy atom. The molecular formula is C12H17N3O4. The van der Waals surface area contributed by atoms with E-state index in [-0.39, 0.29) is 16.9 Å². The largest absolute Gasteiger partial charge is 0.312 e. The second kappa shape index (κ2) is 5.75. The van der Waals surface area contributed by atoms with E-state index in [9.17, 15) is 20.2 Å². The Labute approximate surface area is 110 Å². The Balaban J connectivity index is 2.89. The zero-order chi connectivity index (χ0) is 14.6. The molecule has 0 atom stereocenters. The first-order chi connectivity index (χ1) is 8.70. The van der Waals surface area contributed by atoms with Crippen molar-refractivity contribution in [2.45, 2.75) is 32.7 Å². The fourth-order valence-electron chi connectivity index (χ4n) is 1.62. The predicted octanol–water partition coefficient (Wildman–Crippen LogP) is 2.43. The highest BCUT2D eigenvalue weighted by Gasteiger charge is 2.19. The van der Waals surface area contributed by atoms with Crippen molar-refractivity contribution in [1.29, 1.82) is 0 Å². The summed E-state index contributed by atoms with van der Waals surface area (Å²) in [5.74, 6) is 0. The molecule has 1 aromatic carbocycles. The number of nitro benzene ring substituents is 2. The van der Waals surface area contributed by atoms with Gasteiger partial charge in [-0.1, -0.05) is 0 Å². The van der Waals surface area contributed by atoms with Gasteiger partial charge in [-0.25, -0.2) is 0 Å². The number of hydrogen-bond acceptors (Lipinski definition) is 5. The lowest BCUT2D eigenvalue weighted by Gasteiger charge is -2.20. The fraction of sp³-hybridized carbons (Fsp3) is 0.500. The van der Waals surface area contributed by atoms with Crippen molar-refractivity contribution in [2.24, 2.45) is 0 Å². The second-order valence-corrected chi connectivity index (χ2v) is 5.25. The molecule has 1 rings (SSSR count). The van der Waals surface area contributed by atoms with Gasteiger partial charge in [0.05, 0.1) is 15.9 Å². The maximum absolute atomic E-state index is 10.9. The minimum absolute atomic E-state index is 0.0739. The molecule has 0 aliphatic rings. The van der Waals surface area contributed by atoms with Gasteiger partial charge in [0.15, 0.2) is 0 Å². The first-order valence-electron chi connectivity index (χ1n) is 5.87. The molecule has 1 aromatic rings. The lowest BCUT2D eigenvalue weighted by Crippen LogP contribution is -2.37. The Kier molecular flexibility index (Phi) is 4.55. The van der Waals surface area contributed by atoms with E-state index in [0.717, 1.165) is 6.07 Å². The van der Waals surface area contributed by atoms with Crippen LogP contribution in [0.25, 0.3) is 0 Å². The van der Waals surface area contributed by atoms with Gasteiger partial charge in [-0.05, 0) is 39.8 Å². The van der Waals surface area contributed by atoms with Crippen LogP contribution in [0.5, 0.6) is 0 Å². The number of non-ortho nitro benzene ring substituents is 1. The van der Waals surface area contributed by atoms with Crippen LogP contribution in [0, 0.1) is 20.2 Å². The number of hydrogen-bond donors (Lipinski definition) is 1. The normalized spacial score (nSPS) is 11.3. The van der Waals surface area contributed by atoms with Gasteiger partial charge >= 0.3 is 0 Å². The zero-order valence-corrected chi connectivity index (χ0v) is 11.2. The number of nitrogens with zero attached hydrogens (tertiary/aromatic N) is 2. The Morgan fingerprint density at radius 2 is 1.79 bits per heavy atom. The number of rotatable bonds is 5. The summed E-state index contributed by atoms with van der Waals surface area (Å²) in [6, 6.07) is 3.74. The van der Waals surface area contributed by atoms with Gasteiger partial charge in [-0.3, -0.25) is 20.2 Å². The van der Waals surface area contributed by atoms with Crippen molar-refractivity contribution in [2.75, 3.05) is 6.54 Å². The van der Waals surface area contributed by atoms with Gasteiger partial charge in [0, 0.05) is 17.2 Å². The monoisotopic (exact) mass is 267 g/mol. The van der Waals surface area contributed by atoms with Crippen molar-refractivity contribution >= 4 is 11.4 Å². The van der Waals surface area contributed by atoms with Gasteiger partial charge in [0.25, 0.3) is 11.4 Å². The van der Waals surface area contributed by atoms with E-state index in [0.29, 0.717) is 18.5 Å². The van der Waals surface area contributed by atoms with Crippen molar-refractivity contribution in [3.63, 3.8) is 0 Å². The smallest absolute Gasteiger partial charge is 0.279 e. The molecule has 0 radical (unpaired) electrons. The summed E-state index contributed by atoms with van der Waals surface area (Å²) in [5.41, 5.74) is -0.0493. The predicted molar refractivity (Wildman–Crippen MR) is 71.2 cm³/mol. The summed E-state index contributed by atoms with van der Waals surface area (Å²) in [6.07, 6.45) is 0.450. The number of nitrogens with one attached hydrogen (secondary N) is 1. The third-order valence-electron chi connectivity index (χ3n) is 2.53. The van der Waals surface area contributed by atoms with E-state index < -0.39 is 9.85 Å². The first kappa shape index (κ1) is 15.0. The van der Waals surface area contributed by atoms with Crippen LogP contribution < -0.4 is 5.32 Å². The maximum atomic E-state index is 10.9. The molecule has 0 aliphatic heterocycles. The summed E-state index contributed by atoms with van der Waals surface area (Å²) in [5, 5.41) is 24.7. The maximum Gasteiger partial charge on any atom is 0.279 e. The SMILES string of the molecule is CC(C)(C)NCCc1ccc([N+](=O)[O-])cc1[N+](=O)[O-]. The van der Waals surface area contributed by atoms with E-state index in [1.807, 2.05) is 20.8 Å². The molecule has 0 unspecified atom stereocenters. The molecule has 0 saturated carbocycles. The van der Waals surface area contributed by atoms with Gasteiger partial charge in [-0.15, -0.1) is 0 Å². The zero-order valence-electron chi connectivity index (χ0n) is 11.2. The molecule has 0 bridgehead atoms. The van der Waals surface area contributed by atoms with Crippen molar-refractivity contribution in [1.82, 2.24) is 5.32 Å². The van der Waals surface area contributed by atoms with Gasteiger partial charge in [0.1, 0.15) is 0 Å². The highest BCUT2D eigenvalue weighted by Crippen LogP contribution is 2.24. The fourth-order valence-corrected chi connectivity index (χ4v) is 1.62. The topological polar surface area (TPSA) is 98.3 Å². The third-order valence-corrected chi connectivity index (χ3v) is 2.53. The molecule has 0 spiro atoms. The average Bonchev–Trinajstić information content (AvgIpc) is 2.27.